The summed E-state index contributed by atoms with van der Waals surface area (Å²) in [5.74, 6) is 1.59. The van der Waals surface area contributed by atoms with E-state index in [9.17, 15) is 9.18 Å². The molecule has 0 bridgehead atoms. The van der Waals surface area contributed by atoms with Gasteiger partial charge in [-0.15, -0.1) is 0 Å². The predicted molar refractivity (Wildman–Crippen MR) is 97.2 cm³/mol. The Hall–Kier alpha value is -2.20. The standard InChI is InChI=1S/C21H23FN2O/c22-18-5-2-6-19(11-18)24-21(25)16-4-1-3-15(9-16)20-10-17(20)13-23-12-14-7-8-14/h1-6,9,11,14,17,20,23H,7-8,10,12-13H2,(H,24,25). The van der Waals surface area contributed by atoms with Crippen molar-refractivity contribution in [2.24, 2.45) is 11.8 Å². The van der Waals surface area contributed by atoms with E-state index in [0.29, 0.717) is 23.1 Å². The molecule has 0 spiro atoms. The van der Waals surface area contributed by atoms with Gasteiger partial charge in [-0.05, 0) is 86.0 Å². The van der Waals surface area contributed by atoms with Gasteiger partial charge in [-0.3, -0.25) is 4.79 Å². The van der Waals surface area contributed by atoms with Crippen LogP contribution >= 0.6 is 0 Å². The number of anilines is 1. The lowest BCUT2D eigenvalue weighted by molar-refractivity contribution is 0.102. The normalized spacial score (nSPS) is 21.8. The lowest BCUT2D eigenvalue weighted by atomic mass is 10.0. The second-order valence-corrected chi connectivity index (χ2v) is 7.29. The lowest BCUT2D eigenvalue weighted by Gasteiger charge is -2.08. The molecule has 2 fully saturated rings. The third kappa shape index (κ3) is 4.26. The molecular weight excluding hydrogens is 315 g/mol. The van der Waals surface area contributed by atoms with Crippen LogP contribution in [0.2, 0.25) is 0 Å². The van der Waals surface area contributed by atoms with Crippen molar-refractivity contribution in [2.45, 2.75) is 25.2 Å². The number of benzene rings is 2. The summed E-state index contributed by atoms with van der Waals surface area (Å²) in [5.41, 5.74) is 2.33. The van der Waals surface area contributed by atoms with Crippen LogP contribution in [0, 0.1) is 17.7 Å². The number of halogens is 1. The molecule has 2 aliphatic carbocycles. The van der Waals surface area contributed by atoms with E-state index in [1.165, 1.54) is 37.0 Å². The first-order valence-electron chi connectivity index (χ1n) is 9.06. The number of nitrogens with one attached hydrogen (secondary N) is 2. The summed E-state index contributed by atoms with van der Waals surface area (Å²) in [6.07, 6.45) is 3.94. The van der Waals surface area contributed by atoms with Crippen molar-refractivity contribution < 1.29 is 9.18 Å². The van der Waals surface area contributed by atoms with Crippen LogP contribution in [0.15, 0.2) is 48.5 Å². The lowest BCUT2D eigenvalue weighted by Crippen LogP contribution is -2.19. The Kier molecular flexibility index (Phi) is 4.53. The molecule has 0 aromatic heterocycles. The third-order valence-corrected chi connectivity index (χ3v) is 5.12. The highest BCUT2D eigenvalue weighted by Gasteiger charge is 2.38. The minimum atomic E-state index is -0.355. The van der Waals surface area contributed by atoms with Gasteiger partial charge in [0.25, 0.3) is 5.91 Å². The van der Waals surface area contributed by atoms with Crippen molar-refractivity contribution in [1.29, 1.82) is 0 Å². The van der Waals surface area contributed by atoms with Crippen LogP contribution in [0.1, 0.15) is 41.1 Å². The van der Waals surface area contributed by atoms with Gasteiger partial charge in [0.2, 0.25) is 0 Å². The van der Waals surface area contributed by atoms with E-state index in [1.54, 1.807) is 18.2 Å². The summed E-state index contributed by atoms with van der Waals surface area (Å²) in [5, 5.41) is 6.33. The van der Waals surface area contributed by atoms with Crippen LogP contribution < -0.4 is 10.6 Å². The maximum Gasteiger partial charge on any atom is 0.255 e. The van der Waals surface area contributed by atoms with Crippen molar-refractivity contribution >= 4 is 11.6 Å². The molecule has 0 saturated heterocycles. The van der Waals surface area contributed by atoms with Crippen molar-refractivity contribution in [3.63, 3.8) is 0 Å². The van der Waals surface area contributed by atoms with E-state index < -0.39 is 0 Å². The first kappa shape index (κ1) is 16.3. The molecule has 0 radical (unpaired) electrons. The molecule has 25 heavy (non-hydrogen) atoms. The predicted octanol–water partition coefficient (Wildman–Crippen LogP) is 4.18. The Balaban J connectivity index is 1.35. The fourth-order valence-corrected chi connectivity index (χ4v) is 3.36. The average molecular weight is 338 g/mol. The van der Waals surface area contributed by atoms with Gasteiger partial charge in [0.05, 0.1) is 0 Å². The molecule has 1 amide bonds. The summed E-state index contributed by atoms with van der Waals surface area (Å²) < 4.78 is 13.2. The van der Waals surface area contributed by atoms with Crippen LogP contribution in [0.25, 0.3) is 0 Å². The largest absolute Gasteiger partial charge is 0.322 e. The minimum Gasteiger partial charge on any atom is -0.322 e. The zero-order valence-electron chi connectivity index (χ0n) is 14.2. The van der Waals surface area contributed by atoms with Gasteiger partial charge < -0.3 is 10.6 Å². The molecule has 2 aliphatic rings. The molecule has 2 N–H and O–H groups in total. The highest BCUT2D eigenvalue weighted by atomic mass is 19.1. The molecule has 2 unspecified atom stereocenters. The fourth-order valence-electron chi connectivity index (χ4n) is 3.36. The second-order valence-electron chi connectivity index (χ2n) is 7.29. The molecule has 4 rings (SSSR count). The highest BCUT2D eigenvalue weighted by Crippen LogP contribution is 2.47. The smallest absolute Gasteiger partial charge is 0.255 e. The first-order chi connectivity index (χ1) is 12.2. The van der Waals surface area contributed by atoms with Crippen LogP contribution in [0.3, 0.4) is 0 Å². The Morgan fingerprint density at radius 2 is 1.92 bits per heavy atom. The number of amides is 1. The SMILES string of the molecule is O=C(Nc1cccc(F)c1)c1cccc(C2CC2CNCC2CC2)c1. The van der Waals surface area contributed by atoms with Gasteiger partial charge in [-0.25, -0.2) is 4.39 Å². The second kappa shape index (κ2) is 6.96. The molecule has 0 aliphatic heterocycles. The molecule has 130 valence electrons. The number of carbonyl (C=O) groups is 1. The summed E-state index contributed by atoms with van der Waals surface area (Å²) in [6.45, 7) is 2.22. The molecule has 2 aromatic rings. The fraction of sp³-hybridized carbons (Fsp3) is 0.381. The quantitative estimate of drug-likeness (QED) is 0.795. The van der Waals surface area contributed by atoms with Crippen molar-refractivity contribution in [3.05, 3.63) is 65.5 Å². The van der Waals surface area contributed by atoms with E-state index >= 15 is 0 Å². The summed E-state index contributed by atoms with van der Waals surface area (Å²) in [6, 6.07) is 13.8. The number of rotatable bonds is 7. The number of hydrogen-bond acceptors (Lipinski definition) is 2. The maximum absolute atomic E-state index is 13.2. The average Bonchev–Trinajstić information content (AvgIpc) is 3.51. The summed E-state index contributed by atoms with van der Waals surface area (Å²) in [4.78, 5) is 12.4. The highest BCUT2D eigenvalue weighted by molar-refractivity contribution is 6.04. The first-order valence-corrected chi connectivity index (χ1v) is 9.06. The Labute approximate surface area is 147 Å². The van der Waals surface area contributed by atoms with Gasteiger partial charge in [-0.2, -0.15) is 0 Å². The van der Waals surface area contributed by atoms with Gasteiger partial charge in [0, 0.05) is 11.3 Å². The van der Waals surface area contributed by atoms with E-state index in [0.717, 1.165) is 19.0 Å². The molecule has 2 aromatic carbocycles. The topological polar surface area (TPSA) is 41.1 Å². The van der Waals surface area contributed by atoms with Gasteiger partial charge in [-0.1, -0.05) is 18.2 Å². The Bertz CT molecular complexity index is 772. The molecular formula is C21H23FN2O. The van der Waals surface area contributed by atoms with E-state index in [4.69, 9.17) is 0 Å². The van der Waals surface area contributed by atoms with Gasteiger partial charge in [0.1, 0.15) is 5.82 Å². The van der Waals surface area contributed by atoms with Crippen LogP contribution in [-0.2, 0) is 0 Å². The van der Waals surface area contributed by atoms with Gasteiger partial charge >= 0.3 is 0 Å². The minimum absolute atomic E-state index is 0.198. The Morgan fingerprint density at radius 3 is 2.72 bits per heavy atom. The van der Waals surface area contributed by atoms with Gasteiger partial charge in [0.15, 0.2) is 0 Å². The molecule has 3 nitrogen and oxygen atoms in total. The zero-order chi connectivity index (χ0) is 17.2. The molecule has 0 heterocycles. The number of carbonyl (C=O) groups excluding carboxylic acids is 1. The maximum atomic E-state index is 13.2. The summed E-state index contributed by atoms with van der Waals surface area (Å²) >= 11 is 0. The Morgan fingerprint density at radius 1 is 1.08 bits per heavy atom. The van der Waals surface area contributed by atoms with Crippen LogP contribution in [0.5, 0.6) is 0 Å². The number of hydrogen-bond donors (Lipinski definition) is 2. The van der Waals surface area contributed by atoms with E-state index in [1.807, 2.05) is 12.1 Å². The van der Waals surface area contributed by atoms with Crippen LogP contribution in [0.4, 0.5) is 10.1 Å². The van der Waals surface area contributed by atoms with Crippen molar-refractivity contribution in [1.82, 2.24) is 5.32 Å². The molecule has 4 heteroatoms. The zero-order valence-corrected chi connectivity index (χ0v) is 14.2. The van der Waals surface area contributed by atoms with Crippen LogP contribution in [-0.4, -0.2) is 19.0 Å². The molecule has 2 saturated carbocycles. The third-order valence-electron chi connectivity index (χ3n) is 5.12. The van der Waals surface area contributed by atoms with Crippen molar-refractivity contribution in [2.75, 3.05) is 18.4 Å². The summed E-state index contributed by atoms with van der Waals surface area (Å²) in [7, 11) is 0. The van der Waals surface area contributed by atoms with E-state index in [2.05, 4.69) is 16.7 Å². The van der Waals surface area contributed by atoms with Crippen molar-refractivity contribution in [3.8, 4) is 0 Å². The van der Waals surface area contributed by atoms with E-state index in [-0.39, 0.29) is 11.7 Å². The molecule has 2 atom stereocenters. The monoisotopic (exact) mass is 338 g/mol.